The van der Waals surface area contributed by atoms with E-state index in [9.17, 15) is 9.90 Å². The molecule has 30 heavy (non-hydrogen) atoms. The topological polar surface area (TPSA) is 49.3 Å². The monoisotopic (exact) mass is 419 g/mol. The number of carbonyl (C=O) groups excluding carboxylic acids is 1. The van der Waals surface area contributed by atoms with Crippen molar-refractivity contribution < 1.29 is 9.90 Å². The minimum atomic E-state index is -0.351. The van der Waals surface area contributed by atoms with Gasteiger partial charge in [0.1, 0.15) is 0 Å². The number of hydrogen-bond acceptors (Lipinski definition) is 3. The van der Waals surface area contributed by atoms with Gasteiger partial charge in [0.25, 0.3) is 5.91 Å². The number of hydrogen-bond donors (Lipinski definition) is 2. The van der Waals surface area contributed by atoms with Crippen molar-refractivity contribution in [3.05, 3.63) is 83.9 Å². The Hall–Kier alpha value is -2.56. The number of benzene rings is 3. The SMILES string of the molecule is Cc1ccccc1-c1ccccc1Sc1ccc(C(=O)NCC(C)CC(C)O)cc1. The molecule has 0 saturated carbocycles. The zero-order valence-electron chi connectivity index (χ0n) is 17.8. The van der Waals surface area contributed by atoms with Gasteiger partial charge in [0.05, 0.1) is 6.10 Å². The molecule has 0 heterocycles. The highest BCUT2D eigenvalue weighted by Crippen LogP contribution is 2.37. The molecule has 0 saturated heterocycles. The van der Waals surface area contributed by atoms with Crippen LogP contribution in [0.2, 0.25) is 0 Å². The maximum absolute atomic E-state index is 12.4. The summed E-state index contributed by atoms with van der Waals surface area (Å²) in [5, 5.41) is 12.4. The van der Waals surface area contributed by atoms with Crippen molar-refractivity contribution >= 4 is 17.7 Å². The molecule has 0 aliphatic heterocycles. The lowest BCUT2D eigenvalue weighted by Crippen LogP contribution is -2.29. The number of nitrogens with one attached hydrogen (secondary N) is 1. The van der Waals surface area contributed by atoms with Crippen LogP contribution in [0.3, 0.4) is 0 Å². The normalized spacial score (nSPS) is 12.9. The van der Waals surface area contributed by atoms with E-state index in [1.165, 1.54) is 21.6 Å². The first kappa shape index (κ1) is 22.1. The molecule has 3 aromatic carbocycles. The molecule has 4 heteroatoms. The van der Waals surface area contributed by atoms with Crippen LogP contribution in [0.5, 0.6) is 0 Å². The van der Waals surface area contributed by atoms with Crippen LogP contribution in [-0.2, 0) is 0 Å². The molecule has 1 amide bonds. The number of aryl methyl sites for hydroxylation is 1. The molecule has 3 nitrogen and oxygen atoms in total. The molecule has 156 valence electrons. The van der Waals surface area contributed by atoms with Gasteiger partial charge in [-0.15, -0.1) is 0 Å². The van der Waals surface area contributed by atoms with Crippen LogP contribution in [0.15, 0.2) is 82.6 Å². The van der Waals surface area contributed by atoms with Crippen molar-refractivity contribution in [1.82, 2.24) is 5.32 Å². The first-order valence-electron chi connectivity index (χ1n) is 10.3. The van der Waals surface area contributed by atoms with Gasteiger partial charge in [-0.2, -0.15) is 0 Å². The molecule has 0 spiro atoms. The molecule has 0 bridgehead atoms. The van der Waals surface area contributed by atoms with Crippen LogP contribution >= 0.6 is 11.8 Å². The summed E-state index contributed by atoms with van der Waals surface area (Å²) in [6.07, 6.45) is 0.326. The third kappa shape index (κ3) is 5.97. The second kappa shape index (κ2) is 10.5. The molecule has 2 N–H and O–H groups in total. The molecule has 2 atom stereocenters. The van der Waals surface area contributed by atoms with E-state index in [0.29, 0.717) is 18.5 Å². The second-order valence-corrected chi connectivity index (χ2v) is 8.95. The summed E-state index contributed by atoms with van der Waals surface area (Å²) in [6, 6.07) is 24.5. The molecule has 0 radical (unpaired) electrons. The van der Waals surface area contributed by atoms with E-state index in [1.807, 2.05) is 31.2 Å². The predicted octanol–water partition coefficient (Wildman–Crippen LogP) is 5.95. The Morgan fingerprint density at radius 1 is 0.933 bits per heavy atom. The third-order valence-electron chi connectivity index (χ3n) is 5.02. The minimum Gasteiger partial charge on any atom is -0.393 e. The molecular formula is C26H29NO2S. The number of aliphatic hydroxyl groups excluding tert-OH is 1. The van der Waals surface area contributed by atoms with Gasteiger partial charge < -0.3 is 10.4 Å². The Morgan fingerprint density at radius 2 is 1.57 bits per heavy atom. The van der Waals surface area contributed by atoms with Gasteiger partial charge in [-0.25, -0.2) is 0 Å². The van der Waals surface area contributed by atoms with Gasteiger partial charge >= 0.3 is 0 Å². The molecule has 0 aliphatic rings. The number of rotatable bonds is 8. The Bertz CT molecular complexity index is 982. The first-order valence-corrected chi connectivity index (χ1v) is 11.1. The second-order valence-electron chi connectivity index (χ2n) is 7.84. The number of aliphatic hydroxyl groups is 1. The summed E-state index contributed by atoms with van der Waals surface area (Å²) in [7, 11) is 0. The van der Waals surface area contributed by atoms with Gasteiger partial charge in [0, 0.05) is 21.9 Å². The summed E-state index contributed by atoms with van der Waals surface area (Å²) in [5.74, 6) is 0.158. The Labute approximate surface area is 183 Å². The highest BCUT2D eigenvalue weighted by atomic mass is 32.2. The van der Waals surface area contributed by atoms with Crippen LogP contribution in [-0.4, -0.2) is 23.7 Å². The minimum absolute atomic E-state index is 0.0793. The number of carbonyl (C=O) groups is 1. The average Bonchev–Trinajstić information content (AvgIpc) is 2.73. The van der Waals surface area contributed by atoms with Crippen molar-refractivity contribution in [2.45, 2.75) is 43.1 Å². The summed E-state index contributed by atoms with van der Waals surface area (Å²) >= 11 is 1.70. The van der Waals surface area contributed by atoms with Gasteiger partial charge in [0.2, 0.25) is 0 Å². The predicted molar refractivity (Wildman–Crippen MR) is 125 cm³/mol. The number of amides is 1. The maximum atomic E-state index is 12.4. The van der Waals surface area contributed by atoms with E-state index < -0.39 is 0 Å². The van der Waals surface area contributed by atoms with E-state index in [2.05, 4.69) is 60.8 Å². The van der Waals surface area contributed by atoms with Crippen LogP contribution in [0.25, 0.3) is 11.1 Å². The van der Waals surface area contributed by atoms with Crippen molar-refractivity contribution in [3.8, 4) is 11.1 Å². The van der Waals surface area contributed by atoms with Gasteiger partial charge in [-0.1, -0.05) is 61.2 Å². The summed E-state index contributed by atoms with van der Waals surface area (Å²) in [5.41, 5.74) is 4.36. The molecular weight excluding hydrogens is 390 g/mol. The van der Waals surface area contributed by atoms with E-state index in [-0.39, 0.29) is 17.9 Å². The lowest BCUT2D eigenvalue weighted by Gasteiger charge is -2.14. The van der Waals surface area contributed by atoms with Gasteiger partial charge in [-0.3, -0.25) is 4.79 Å². The Morgan fingerprint density at radius 3 is 2.23 bits per heavy atom. The molecule has 3 aromatic rings. The fourth-order valence-corrected chi connectivity index (χ4v) is 4.45. The van der Waals surface area contributed by atoms with Crippen molar-refractivity contribution in [3.63, 3.8) is 0 Å². The van der Waals surface area contributed by atoms with E-state index in [1.54, 1.807) is 18.7 Å². The molecule has 3 rings (SSSR count). The zero-order chi connectivity index (χ0) is 21.5. The van der Waals surface area contributed by atoms with Gasteiger partial charge in [0.15, 0.2) is 0 Å². The Balaban J connectivity index is 1.68. The first-order chi connectivity index (χ1) is 14.4. The van der Waals surface area contributed by atoms with Crippen molar-refractivity contribution in [2.75, 3.05) is 6.54 Å². The Kier molecular flexibility index (Phi) is 7.72. The fraction of sp³-hybridized carbons (Fsp3) is 0.269. The lowest BCUT2D eigenvalue weighted by molar-refractivity contribution is 0.0939. The average molecular weight is 420 g/mol. The van der Waals surface area contributed by atoms with Crippen LogP contribution < -0.4 is 5.32 Å². The summed E-state index contributed by atoms with van der Waals surface area (Å²) in [4.78, 5) is 14.7. The fourth-order valence-electron chi connectivity index (χ4n) is 3.49. The standard InChI is InChI=1S/C26H29NO2S/c1-18(16-20(3)28)17-27-26(29)21-12-14-22(15-13-21)30-25-11-7-6-10-24(25)23-9-5-4-8-19(23)2/h4-15,18,20,28H,16-17H2,1-3H3,(H,27,29). The van der Waals surface area contributed by atoms with Crippen LogP contribution in [0, 0.1) is 12.8 Å². The van der Waals surface area contributed by atoms with Gasteiger partial charge in [-0.05, 0) is 73.2 Å². The summed E-state index contributed by atoms with van der Waals surface area (Å²) in [6.45, 7) is 6.49. The molecule has 0 aliphatic carbocycles. The molecule has 2 unspecified atom stereocenters. The van der Waals surface area contributed by atoms with E-state index >= 15 is 0 Å². The zero-order valence-corrected chi connectivity index (χ0v) is 18.6. The van der Waals surface area contributed by atoms with Crippen LogP contribution in [0.1, 0.15) is 36.2 Å². The van der Waals surface area contributed by atoms with Crippen molar-refractivity contribution in [2.24, 2.45) is 5.92 Å². The summed E-state index contributed by atoms with van der Waals surface area (Å²) < 4.78 is 0. The maximum Gasteiger partial charge on any atom is 0.251 e. The quantitative estimate of drug-likeness (QED) is 0.474. The van der Waals surface area contributed by atoms with Crippen molar-refractivity contribution in [1.29, 1.82) is 0 Å². The molecule has 0 aromatic heterocycles. The molecule has 0 fully saturated rings. The highest BCUT2D eigenvalue weighted by Gasteiger charge is 2.11. The van der Waals surface area contributed by atoms with E-state index in [0.717, 1.165) is 4.90 Å². The smallest absolute Gasteiger partial charge is 0.251 e. The van der Waals surface area contributed by atoms with E-state index in [4.69, 9.17) is 0 Å². The highest BCUT2D eigenvalue weighted by molar-refractivity contribution is 7.99. The van der Waals surface area contributed by atoms with Crippen LogP contribution in [0.4, 0.5) is 0 Å². The third-order valence-corrected chi connectivity index (χ3v) is 6.10. The largest absolute Gasteiger partial charge is 0.393 e. The lowest BCUT2D eigenvalue weighted by atomic mass is 10.0.